The maximum Gasteiger partial charge on any atom is 0.105 e. The first-order valence-corrected chi connectivity index (χ1v) is 8.64. The lowest BCUT2D eigenvalue weighted by Gasteiger charge is -2.31. The van der Waals surface area contributed by atoms with E-state index in [2.05, 4.69) is 21.3 Å². The molecule has 0 bridgehead atoms. The van der Waals surface area contributed by atoms with Crippen LogP contribution >= 0.6 is 0 Å². The van der Waals surface area contributed by atoms with E-state index in [0.717, 1.165) is 45.6 Å². The van der Waals surface area contributed by atoms with Gasteiger partial charge in [-0.2, -0.15) is 10.2 Å². The van der Waals surface area contributed by atoms with Gasteiger partial charge < -0.3 is 9.47 Å². The number of aromatic nitrogens is 4. The molecule has 0 N–H and O–H groups in total. The fraction of sp³-hybridized carbons (Fsp3) is 0.647. The van der Waals surface area contributed by atoms with Crippen molar-refractivity contribution in [2.24, 2.45) is 7.05 Å². The van der Waals surface area contributed by atoms with Gasteiger partial charge in [0.05, 0.1) is 32.1 Å². The fourth-order valence-electron chi connectivity index (χ4n) is 3.79. The molecule has 2 aliphatic rings. The highest BCUT2D eigenvalue weighted by Crippen LogP contribution is 2.34. The normalized spacial score (nSPS) is 28.5. The van der Waals surface area contributed by atoms with Gasteiger partial charge >= 0.3 is 0 Å². The number of ether oxygens (including phenoxy) is 2. The SMILES string of the molecule is Cn1cc(CN2CCOCC3(CCC(Cn4cccn4)O3)C2)cn1. The summed E-state index contributed by atoms with van der Waals surface area (Å²) in [4.78, 5) is 2.43. The van der Waals surface area contributed by atoms with Crippen LogP contribution in [0.15, 0.2) is 30.9 Å². The zero-order chi connectivity index (χ0) is 16.4. The molecule has 2 fully saturated rings. The molecule has 4 heterocycles. The Kier molecular flexibility index (Phi) is 4.39. The second-order valence-electron chi connectivity index (χ2n) is 6.98. The van der Waals surface area contributed by atoms with Crippen molar-refractivity contribution in [3.8, 4) is 0 Å². The number of rotatable bonds is 4. The monoisotopic (exact) mass is 331 g/mol. The summed E-state index contributed by atoms with van der Waals surface area (Å²) in [5.74, 6) is 0. The molecule has 7 nitrogen and oxygen atoms in total. The molecule has 2 aromatic heterocycles. The lowest BCUT2D eigenvalue weighted by Crippen LogP contribution is -2.44. The van der Waals surface area contributed by atoms with Gasteiger partial charge in [-0.1, -0.05) is 0 Å². The Bertz CT molecular complexity index is 656. The van der Waals surface area contributed by atoms with Crippen molar-refractivity contribution in [3.63, 3.8) is 0 Å². The van der Waals surface area contributed by atoms with Crippen molar-refractivity contribution in [1.29, 1.82) is 0 Å². The molecule has 0 saturated carbocycles. The smallest absolute Gasteiger partial charge is 0.105 e. The Labute approximate surface area is 142 Å². The van der Waals surface area contributed by atoms with Gasteiger partial charge in [0.1, 0.15) is 5.60 Å². The first-order valence-electron chi connectivity index (χ1n) is 8.64. The highest BCUT2D eigenvalue weighted by atomic mass is 16.6. The highest BCUT2D eigenvalue weighted by molar-refractivity contribution is 5.04. The summed E-state index contributed by atoms with van der Waals surface area (Å²) in [6.45, 7) is 5.01. The van der Waals surface area contributed by atoms with Crippen LogP contribution in [0, 0.1) is 0 Å². The maximum atomic E-state index is 6.47. The topological polar surface area (TPSA) is 57.3 Å². The first kappa shape index (κ1) is 15.8. The molecule has 2 aliphatic heterocycles. The van der Waals surface area contributed by atoms with E-state index in [9.17, 15) is 0 Å². The zero-order valence-corrected chi connectivity index (χ0v) is 14.2. The van der Waals surface area contributed by atoms with Crippen LogP contribution < -0.4 is 0 Å². The largest absolute Gasteiger partial charge is 0.377 e. The molecule has 0 aliphatic carbocycles. The van der Waals surface area contributed by atoms with Gasteiger partial charge in [0, 0.05) is 50.8 Å². The molecule has 2 atom stereocenters. The molecular weight excluding hydrogens is 306 g/mol. The summed E-state index contributed by atoms with van der Waals surface area (Å²) in [6.07, 6.45) is 10.1. The Morgan fingerprint density at radius 3 is 3.12 bits per heavy atom. The van der Waals surface area contributed by atoms with E-state index in [-0.39, 0.29) is 11.7 Å². The molecule has 2 saturated heterocycles. The van der Waals surface area contributed by atoms with Gasteiger partial charge in [-0.05, 0) is 18.9 Å². The van der Waals surface area contributed by atoms with Crippen LogP contribution in [0.25, 0.3) is 0 Å². The lowest BCUT2D eigenvalue weighted by atomic mass is 10.00. The number of hydrogen-bond donors (Lipinski definition) is 0. The first-order chi connectivity index (χ1) is 11.7. The molecular formula is C17H25N5O2. The molecule has 7 heteroatoms. The molecule has 2 unspecified atom stereocenters. The minimum Gasteiger partial charge on any atom is -0.377 e. The van der Waals surface area contributed by atoms with Gasteiger partial charge in [-0.3, -0.25) is 14.3 Å². The average Bonchev–Trinajstić information content (AvgIpc) is 3.25. The molecule has 24 heavy (non-hydrogen) atoms. The summed E-state index contributed by atoms with van der Waals surface area (Å²) >= 11 is 0. The standard InChI is InChI=1S/C17H25N5O2/c1-20-10-15(9-19-20)11-21-7-8-23-14-17(13-21)4-3-16(24-17)12-22-6-2-5-18-22/h2,5-6,9-10,16H,3-4,7-8,11-14H2,1H3. The number of hydrogen-bond acceptors (Lipinski definition) is 5. The Morgan fingerprint density at radius 1 is 1.38 bits per heavy atom. The second-order valence-corrected chi connectivity index (χ2v) is 6.98. The van der Waals surface area contributed by atoms with E-state index in [4.69, 9.17) is 9.47 Å². The zero-order valence-electron chi connectivity index (χ0n) is 14.2. The second kappa shape index (κ2) is 6.66. The van der Waals surface area contributed by atoms with Crippen LogP contribution in [0.1, 0.15) is 18.4 Å². The van der Waals surface area contributed by atoms with E-state index in [1.807, 2.05) is 41.1 Å². The third-order valence-electron chi connectivity index (χ3n) is 4.88. The summed E-state index contributed by atoms with van der Waals surface area (Å²) in [6, 6.07) is 1.95. The fourth-order valence-corrected chi connectivity index (χ4v) is 3.79. The van der Waals surface area contributed by atoms with Gasteiger partial charge in [0.15, 0.2) is 0 Å². The molecule has 1 spiro atoms. The lowest BCUT2D eigenvalue weighted by molar-refractivity contribution is -0.0904. The third kappa shape index (κ3) is 3.53. The highest BCUT2D eigenvalue weighted by Gasteiger charge is 2.43. The van der Waals surface area contributed by atoms with Gasteiger partial charge in [-0.25, -0.2) is 0 Å². The van der Waals surface area contributed by atoms with Crippen LogP contribution in [-0.2, 0) is 29.6 Å². The van der Waals surface area contributed by atoms with E-state index in [0.29, 0.717) is 6.61 Å². The molecule has 0 radical (unpaired) electrons. The Morgan fingerprint density at radius 2 is 2.33 bits per heavy atom. The van der Waals surface area contributed by atoms with Crippen molar-refractivity contribution in [3.05, 3.63) is 36.4 Å². The number of nitrogens with zero attached hydrogens (tertiary/aromatic N) is 5. The van der Waals surface area contributed by atoms with Crippen molar-refractivity contribution < 1.29 is 9.47 Å². The van der Waals surface area contributed by atoms with Gasteiger partial charge in [0.25, 0.3) is 0 Å². The summed E-state index contributed by atoms with van der Waals surface area (Å²) in [5, 5.41) is 8.56. The van der Waals surface area contributed by atoms with Crippen LogP contribution in [0.4, 0.5) is 0 Å². The average molecular weight is 331 g/mol. The predicted molar refractivity (Wildman–Crippen MR) is 88.4 cm³/mol. The van der Waals surface area contributed by atoms with Crippen LogP contribution in [0.5, 0.6) is 0 Å². The predicted octanol–water partition coefficient (Wildman–Crippen LogP) is 1.07. The van der Waals surface area contributed by atoms with E-state index >= 15 is 0 Å². The molecule has 0 aromatic carbocycles. The quantitative estimate of drug-likeness (QED) is 0.839. The van der Waals surface area contributed by atoms with E-state index in [1.165, 1.54) is 5.56 Å². The summed E-state index contributed by atoms with van der Waals surface area (Å²) < 4.78 is 16.2. The summed E-state index contributed by atoms with van der Waals surface area (Å²) in [7, 11) is 1.95. The van der Waals surface area contributed by atoms with Crippen LogP contribution in [0.3, 0.4) is 0 Å². The minimum atomic E-state index is -0.184. The minimum absolute atomic E-state index is 0.184. The van der Waals surface area contributed by atoms with Gasteiger partial charge in [-0.15, -0.1) is 0 Å². The molecule has 130 valence electrons. The van der Waals surface area contributed by atoms with Crippen molar-refractivity contribution in [2.45, 2.75) is 37.6 Å². The Hall–Kier alpha value is -1.70. The van der Waals surface area contributed by atoms with Crippen molar-refractivity contribution in [1.82, 2.24) is 24.5 Å². The van der Waals surface area contributed by atoms with Crippen LogP contribution in [0.2, 0.25) is 0 Å². The van der Waals surface area contributed by atoms with Gasteiger partial charge in [0.2, 0.25) is 0 Å². The molecule has 4 rings (SSSR count). The molecule has 2 aromatic rings. The van der Waals surface area contributed by atoms with E-state index in [1.54, 1.807) is 0 Å². The van der Waals surface area contributed by atoms with E-state index < -0.39 is 0 Å². The van der Waals surface area contributed by atoms with Crippen LogP contribution in [-0.4, -0.2) is 62.5 Å². The third-order valence-corrected chi connectivity index (χ3v) is 4.88. The maximum absolute atomic E-state index is 6.47. The number of aryl methyl sites for hydroxylation is 1. The molecule has 0 amide bonds. The summed E-state index contributed by atoms with van der Waals surface area (Å²) in [5.41, 5.74) is 1.05. The Balaban J connectivity index is 1.40. The van der Waals surface area contributed by atoms with Crippen molar-refractivity contribution in [2.75, 3.05) is 26.3 Å². The van der Waals surface area contributed by atoms with Crippen molar-refractivity contribution >= 4 is 0 Å².